The summed E-state index contributed by atoms with van der Waals surface area (Å²) < 4.78 is 23.9. The lowest BCUT2D eigenvalue weighted by Crippen LogP contribution is -2.49. The van der Waals surface area contributed by atoms with Gasteiger partial charge in [-0.3, -0.25) is 9.59 Å². The Labute approximate surface area is 150 Å². The predicted molar refractivity (Wildman–Crippen MR) is 90.3 cm³/mol. The number of nitrogens with zero attached hydrogens (tertiary/aromatic N) is 1. The summed E-state index contributed by atoms with van der Waals surface area (Å²) in [5, 5.41) is 9.28. The first kappa shape index (κ1) is 18.0. The fourth-order valence-corrected chi connectivity index (χ4v) is 3.16. The van der Waals surface area contributed by atoms with Crippen molar-refractivity contribution in [1.82, 2.24) is 4.90 Å². The molecule has 1 aromatic heterocycles. The molecule has 2 aromatic rings. The van der Waals surface area contributed by atoms with Crippen LogP contribution in [0, 0.1) is 11.7 Å². The highest BCUT2D eigenvalue weighted by Gasteiger charge is 2.36. The van der Waals surface area contributed by atoms with Crippen molar-refractivity contribution in [2.24, 2.45) is 5.92 Å². The maximum atomic E-state index is 12.9. The monoisotopic (exact) mass is 361 g/mol. The van der Waals surface area contributed by atoms with Gasteiger partial charge < -0.3 is 19.2 Å². The van der Waals surface area contributed by atoms with Gasteiger partial charge in [0.05, 0.1) is 5.92 Å². The Morgan fingerprint density at radius 1 is 1.27 bits per heavy atom. The zero-order valence-electron chi connectivity index (χ0n) is 14.4. The molecular formula is C19H20FNO5. The first-order valence-corrected chi connectivity index (χ1v) is 8.46. The zero-order chi connectivity index (χ0) is 18.7. The maximum Gasteiger partial charge on any atom is 0.308 e. The van der Waals surface area contributed by atoms with Crippen molar-refractivity contribution in [3.05, 3.63) is 53.7 Å². The zero-order valence-corrected chi connectivity index (χ0v) is 14.4. The van der Waals surface area contributed by atoms with E-state index in [0.717, 1.165) is 0 Å². The Morgan fingerprint density at radius 2 is 2.00 bits per heavy atom. The van der Waals surface area contributed by atoms with Gasteiger partial charge in [-0.1, -0.05) is 0 Å². The molecule has 1 amide bonds. The molecule has 26 heavy (non-hydrogen) atoms. The van der Waals surface area contributed by atoms with Gasteiger partial charge in [-0.25, -0.2) is 4.39 Å². The minimum Gasteiger partial charge on any atom is -0.486 e. The van der Waals surface area contributed by atoms with Gasteiger partial charge in [0.1, 0.15) is 23.9 Å². The summed E-state index contributed by atoms with van der Waals surface area (Å²) in [6.07, 6.45) is 1.21. The number of likely N-dealkylation sites (tertiary alicyclic amines) is 1. The quantitative estimate of drug-likeness (QED) is 0.884. The number of piperidine rings is 1. The number of rotatable bonds is 5. The molecule has 0 spiro atoms. The molecule has 0 aliphatic carbocycles. The third kappa shape index (κ3) is 3.87. The molecule has 1 aliphatic rings. The Bertz CT molecular complexity index is 785. The first-order chi connectivity index (χ1) is 12.5. The van der Waals surface area contributed by atoms with Crippen molar-refractivity contribution in [3.63, 3.8) is 0 Å². The van der Waals surface area contributed by atoms with Crippen molar-refractivity contribution in [2.75, 3.05) is 6.54 Å². The average Bonchev–Trinajstić information content (AvgIpc) is 3.09. The van der Waals surface area contributed by atoms with Crippen molar-refractivity contribution < 1.29 is 28.2 Å². The first-order valence-electron chi connectivity index (χ1n) is 8.46. The second kappa shape index (κ2) is 7.59. The number of carbonyl (C=O) groups excluding carboxylic acids is 1. The second-order valence-electron chi connectivity index (χ2n) is 6.33. The highest BCUT2D eigenvalue weighted by molar-refractivity contribution is 5.92. The molecule has 1 fully saturated rings. The van der Waals surface area contributed by atoms with Crippen LogP contribution in [0.3, 0.4) is 0 Å². The molecule has 0 unspecified atom stereocenters. The van der Waals surface area contributed by atoms with E-state index in [1.165, 1.54) is 24.3 Å². The molecule has 1 aliphatic heterocycles. The average molecular weight is 361 g/mol. The van der Waals surface area contributed by atoms with Crippen LogP contribution in [0.1, 0.15) is 36.1 Å². The van der Waals surface area contributed by atoms with E-state index in [9.17, 15) is 19.1 Å². The number of furan rings is 1. The van der Waals surface area contributed by atoms with Crippen LogP contribution < -0.4 is 4.74 Å². The molecule has 0 bridgehead atoms. The molecule has 2 heterocycles. The van der Waals surface area contributed by atoms with E-state index in [4.69, 9.17) is 9.15 Å². The Kier molecular flexibility index (Phi) is 5.25. The number of aliphatic carboxylic acids is 1. The number of carboxylic acids is 1. The number of benzene rings is 1. The number of carboxylic acid groups (broad SMARTS) is 1. The minimum atomic E-state index is -0.886. The lowest BCUT2D eigenvalue weighted by Gasteiger charge is -2.36. The molecule has 1 aromatic carbocycles. The molecule has 6 nitrogen and oxygen atoms in total. The molecule has 1 N–H and O–H groups in total. The summed E-state index contributed by atoms with van der Waals surface area (Å²) in [5.74, 6) is -1.02. The van der Waals surface area contributed by atoms with E-state index in [1.54, 1.807) is 24.0 Å². The molecular weight excluding hydrogens is 341 g/mol. The lowest BCUT2D eigenvalue weighted by atomic mass is 9.90. The maximum absolute atomic E-state index is 12.9. The van der Waals surface area contributed by atoms with Crippen LogP contribution in [-0.2, 0) is 11.4 Å². The van der Waals surface area contributed by atoms with Crippen molar-refractivity contribution in [1.29, 1.82) is 0 Å². The van der Waals surface area contributed by atoms with Gasteiger partial charge in [-0.15, -0.1) is 0 Å². The van der Waals surface area contributed by atoms with E-state index in [1.807, 2.05) is 0 Å². The fraction of sp³-hybridized carbons (Fsp3) is 0.368. The van der Waals surface area contributed by atoms with Crippen LogP contribution >= 0.6 is 0 Å². The van der Waals surface area contributed by atoms with Crippen LogP contribution in [0.15, 0.2) is 40.8 Å². The number of amides is 1. The number of carbonyl (C=O) groups is 2. The number of ether oxygens (including phenoxy) is 1. The van der Waals surface area contributed by atoms with E-state index < -0.39 is 17.9 Å². The molecule has 1 saturated heterocycles. The minimum absolute atomic E-state index is 0.103. The van der Waals surface area contributed by atoms with Crippen molar-refractivity contribution in [2.45, 2.75) is 32.4 Å². The number of hydrogen-bond donors (Lipinski definition) is 1. The van der Waals surface area contributed by atoms with Crippen LogP contribution in [-0.4, -0.2) is 34.5 Å². The van der Waals surface area contributed by atoms with Crippen LogP contribution in [0.25, 0.3) is 0 Å². The smallest absolute Gasteiger partial charge is 0.308 e. The van der Waals surface area contributed by atoms with E-state index in [0.29, 0.717) is 30.9 Å². The SMILES string of the molecule is C[C@@H]1[C@H](C(=O)O)CCCN1C(=O)c1ccc(COc2ccc(F)cc2)o1. The third-order valence-electron chi connectivity index (χ3n) is 4.63. The highest BCUT2D eigenvalue weighted by Crippen LogP contribution is 2.26. The summed E-state index contributed by atoms with van der Waals surface area (Å²) in [7, 11) is 0. The molecule has 2 atom stereocenters. The van der Waals surface area contributed by atoms with Gasteiger partial charge >= 0.3 is 5.97 Å². The molecule has 3 rings (SSSR count). The predicted octanol–water partition coefficient (Wildman–Crippen LogP) is 3.32. The molecule has 0 radical (unpaired) electrons. The Balaban J connectivity index is 1.64. The van der Waals surface area contributed by atoms with Gasteiger partial charge in [0.25, 0.3) is 5.91 Å². The summed E-state index contributed by atoms with van der Waals surface area (Å²) in [6.45, 7) is 2.36. The summed E-state index contributed by atoms with van der Waals surface area (Å²) >= 11 is 0. The molecule has 138 valence electrons. The molecule has 7 heteroatoms. The van der Waals surface area contributed by atoms with Crippen LogP contribution in [0.4, 0.5) is 4.39 Å². The van der Waals surface area contributed by atoms with Gasteiger partial charge in [0.15, 0.2) is 5.76 Å². The van der Waals surface area contributed by atoms with E-state index in [-0.39, 0.29) is 24.1 Å². The van der Waals surface area contributed by atoms with Crippen LogP contribution in [0.5, 0.6) is 5.75 Å². The lowest BCUT2D eigenvalue weighted by molar-refractivity contribution is -0.145. The Morgan fingerprint density at radius 3 is 2.69 bits per heavy atom. The number of hydrogen-bond acceptors (Lipinski definition) is 4. The largest absolute Gasteiger partial charge is 0.486 e. The van der Waals surface area contributed by atoms with Crippen molar-refractivity contribution >= 4 is 11.9 Å². The normalized spacial score (nSPS) is 20.0. The Hall–Kier alpha value is -2.83. The summed E-state index contributed by atoms with van der Waals surface area (Å²) in [4.78, 5) is 25.5. The van der Waals surface area contributed by atoms with Crippen molar-refractivity contribution in [3.8, 4) is 5.75 Å². The van der Waals surface area contributed by atoms with Gasteiger partial charge in [0, 0.05) is 12.6 Å². The second-order valence-corrected chi connectivity index (χ2v) is 6.33. The number of halogens is 1. The van der Waals surface area contributed by atoms with E-state index in [2.05, 4.69) is 0 Å². The fourth-order valence-electron chi connectivity index (χ4n) is 3.16. The third-order valence-corrected chi connectivity index (χ3v) is 4.63. The van der Waals surface area contributed by atoms with E-state index >= 15 is 0 Å². The van der Waals surface area contributed by atoms with Gasteiger partial charge in [-0.2, -0.15) is 0 Å². The highest BCUT2D eigenvalue weighted by atomic mass is 19.1. The topological polar surface area (TPSA) is 80.0 Å². The van der Waals surface area contributed by atoms with Crippen LogP contribution in [0.2, 0.25) is 0 Å². The summed E-state index contributed by atoms with van der Waals surface area (Å²) in [6, 6.07) is 8.41. The van der Waals surface area contributed by atoms with Gasteiger partial charge in [-0.05, 0) is 56.2 Å². The summed E-state index contributed by atoms with van der Waals surface area (Å²) in [5.41, 5.74) is 0. The van der Waals surface area contributed by atoms with Gasteiger partial charge in [0.2, 0.25) is 0 Å². The standard InChI is InChI=1S/C19H20FNO5/c1-12-16(19(23)24)3-2-10-21(12)18(22)17-9-8-15(26-17)11-25-14-6-4-13(20)5-7-14/h4-9,12,16H,2-3,10-11H2,1H3,(H,23,24)/t12-,16-/m1/s1. The molecule has 0 saturated carbocycles.